The van der Waals surface area contributed by atoms with E-state index in [-0.39, 0.29) is 5.91 Å². The van der Waals surface area contributed by atoms with Crippen molar-refractivity contribution in [1.82, 2.24) is 4.90 Å². The van der Waals surface area contributed by atoms with Gasteiger partial charge in [0.15, 0.2) is 6.54 Å². The van der Waals surface area contributed by atoms with E-state index in [1.165, 1.54) is 5.57 Å². The Hall–Kier alpha value is -0.970. The number of ether oxygens (including phenoxy) is 1. The van der Waals surface area contributed by atoms with E-state index in [0.717, 1.165) is 37.6 Å². The van der Waals surface area contributed by atoms with Gasteiger partial charge in [-0.2, -0.15) is 0 Å². The molecule has 0 N–H and O–H groups in total. The van der Waals surface area contributed by atoms with Crippen LogP contribution in [-0.4, -0.2) is 52.6 Å². The van der Waals surface area contributed by atoms with Crippen molar-refractivity contribution in [3.05, 3.63) is 11.8 Å². The van der Waals surface area contributed by atoms with Gasteiger partial charge in [0.2, 0.25) is 5.91 Å². The highest BCUT2D eigenvalue weighted by atomic mass is 32.2. The van der Waals surface area contributed by atoms with E-state index in [1.807, 2.05) is 22.9 Å². The maximum Gasteiger partial charge on any atom is 0.336 e. The molecule has 5 heteroatoms. The minimum atomic E-state index is 0.257. The fourth-order valence-electron chi connectivity index (χ4n) is 2.40. The minimum absolute atomic E-state index is 0.257. The Morgan fingerprint density at radius 1 is 1.65 bits per heavy atom. The molecule has 0 unspecified atom stereocenters. The summed E-state index contributed by atoms with van der Waals surface area (Å²) in [6.07, 6.45) is 4.92. The molecule has 2 saturated heterocycles. The second-order valence-electron chi connectivity index (χ2n) is 4.76. The van der Waals surface area contributed by atoms with Crippen LogP contribution in [0.2, 0.25) is 0 Å². The Kier molecular flexibility index (Phi) is 2.86. The molecule has 0 saturated carbocycles. The minimum Gasteiger partial charge on any atom is -0.448 e. The lowest BCUT2D eigenvalue weighted by Gasteiger charge is -2.40. The molecule has 0 bridgehead atoms. The number of hydrogen-bond acceptors (Lipinski definition) is 3. The Bertz CT molecular complexity index is 409. The number of hydrogen-bond donors (Lipinski definition) is 0. The first-order valence-corrected chi connectivity index (χ1v) is 7.11. The number of carbonyl (C=O) groups excluding carboxylic acids is 1. The number of thioether (sulfide) groups is 1. The largest absolute Gasteiger partial charge is 0.448 e. The van der Waals surface area contributed by atoms with Gasteiger partial charge in [-0.15, -0.1) is 11.8 Å². The zero-order valence-electron chi connectivity index (χ0n) is 10.0. The first-order chi connectivity index (χ1) is 8.24. The van der Waals surface area contributed by atoms with E-state index in [9.17, 15) is 4.79 Å². The summed E-state index contributed by atoms with van der Waals surface area (Å²) in [7, 11) is 2.07. The maximum absolute atomic E-state index is 11.4. The highest BCUT2D eigenvalue weighted by molar-refractivity contribution is 8.00. The van der Waals surface area contributed by atoms with Gasteiger partial charge < -0.3 is 9.64 Å². The number of β-lactam (4-membered cyclic amide) rings is 1. The summed E-state index contributed by atoms with van der Waals surface area (Å²) >= 11 is 1.87. The van der Waals surface area contributed by atoms with Crippen molar-refractivity contribution in [3.63, 3.8) is 0 Å². The molecule has 2 fully saturated rings. The predicted molar refractivity (Wildman–Crippen MR) is 67.0 cm³/mol. The number of fused-ring (bicyclic) bond motifs is 1. The molecular formula is C12H17N2O2S+. The van der Waals surface area contributed by atoms with Gasteiger partial charge in [0.25, 0.3) is 0 Å². The van der Waals surface area contributed by atoms with Crippen molar-refractivity contribution >= 4 is 23.6 Å². The normalized spacial score (nSPS) is 30.4. The molecule has 0 spiro atoms. The second-order valence-corrected chi connectivity index (χ2v) is 5.93. The van der Waals surface area contributed by atoms with Gasteiger partial charge >= 0.3 is 5.90 Å². The summed E-state index contributed by atoms with van der Waals surface area (Å²) in [6, 6.07) is 0. The fraction of sp³-hybridized carbons (Fsp3) is 0.667. The van der Waals surface area contributed by atoms with E-state index < -0.39 is 0 Å². The molecule has 92 valence electrons. The standard InChI is InChI=1S/C12H17N2O2S/c1-13(11-3-2-4-16-11)6-9-7-14-10(15)5-12(14)17-8-9/h7,12H,2-6,8H2,1H3/q+1/t12-/m0/s1. The van der Waals surface area contributed by atoms with E-state index in [4.69, 9.17) is 4.74 Å². The molecule has 1 atom stereocenters. The zero-order valence-corrected chi connectivity index (χ0v) is 10.8. The van der Waals surface area contributed by atoms with E-state index >= 15 is 0 Å². The van der Waals surface area contributed by atoms with Crippen LogP contribution in [0.15, 0.2) is 11.8 Å². The second kappa shape index (κ2) is 4.37. The maximum atomic E-state index is 11.4. The SMILES string of the molecule is C[N+](CC1=CN2C(=O)C[C@@H]2SC1)=C1CCCO1. The molecule has 0 aromatic heterocycles. The predicted octanol–water partition coefficient (Wildman–Crippen LogP) is 1.03. The van der Waals surface area contributed by atoms with Gasteiger partial charge in [0.05, 0.1) is 24.8 Å². The van der Waals surface area contributed by atoms with E-state index in [0.29, 0.717) is 11.8 Å². The lowest BCUT2D eigenvalue weighted by atomic mass is 10.2. The monoisotopic (exact) mass is 253 g/mol. The number of amides is 1. The third-order valence-corrected chi connectivity index (χ3v) is 4.72. The highest BCUT2D eigenvalue weighted by Crippen LogP contribution is 2.35. The van der Waals surface area contributed by atoms with Gasteiger partial charge in [-0.05, 0) is 6.42 Å². The van der Waals surface area contributed by atoms with Gasteiger partial charge in [-0.3, -0.25) is 4.79 Å². The quantitative estimate of drug-likeness (QED) is 0.544. The van der Waals surface area contributed by atoms with Gasteiger partial charge in [0.1, 0.15) is 7.05 Å². The molecule has 3 aliphatic heterocycles. The number of likely N-dealkylation sites (N-methyl/N-ethyl adjacent to an activating group) is 1. The first kappa shape index (κ1) is 11.1. The number of nitrogens with zero attached hydrogens (tertiary/aromatic N) is 2. The Morgan fingerprint density at radius 3 is 3.24 bits per heavy atom. The summed E-state index contributed by atoms with van der Waals surface area (Å²) in [4.78, 5) is 13.2. The molecule has 3 heterocycles. The van der Waals surface area contributed by atoms with Crippen LogP contribution >= 0.6 is 11.8 Å². The van der Waals surface area contributed by atoms with Crippen LogP contribution in [0.4, 0.5) is 0 Å². The molecule has 3 aliphatic rings. The first-order valence-electron chi connectivity index (χ1n) is 6.06. The Morgan fingerprint density at radius 2 is 2.53 bits per heavy atom. The van der Waals surface area contributed by atoms with E-state index in [2.05, 4.69) is 11.6 Å². The molecule has 0 aromatic rings. The topological polar surface area (TPSA) is 32.5 Å². The van der Waals surface area contributed by atoms with Gasteiger partial charge in [-0.25, -0.2) is 4.58 Å². The average molecular weight is 253 g/mol. The van der Waals surface area contributed by atoms with Crippen molar-refractivity contribution in [2.75, 3.05) is 26.0 Å². The van der Waals surface area contributed by atoms with Gasteiger partial charge in [-0.1, -0.05) is 0 Å². The third kappa shape index (κ3) is 2.08. The van der Waals surface area contributed by atoms with Crippen LogP contribution in [0.5, 0.6) is 0 Å². The molecule has 17 heavy (non-hydrogen) atoms. The molecular weight excluding hydrogens is 236 g/mol. The molecule has 0 radical (unpaired) electrons. The average Bonchev–Trinajstić information content (AvgIpc) is 2.83. The molecule has 1 amide bonds. The summed E-state index contributed by atoms with van der Waals surface area (Å²) in [5.41, 5.74) is 1.31. The number of rotatable bonds is 2. The molecule has 4 nitrogen and oxygen atoms in total. The lowest BCUT2D eigenvalue weighted by Crippen LogP contribution is -2.49. The highest BCUT2D eigenvalue weighted by Gasteiger charge is 2.38. The number of carbonyl (C=O) groups is 1. The third-order valence-electron chi connectivity index (χ3n) is 3.40. The van der Waals surface area contributed by atoms with Crippen LogP contribution in [-0.2, 0) is 9.53 Å². The van der Waals surface area contributed by atoms with Crippen LogP contribution < -0.4 is 0 Å². The fourth-order valence-corrected chi connectivity index (χ4v) is 3.57. The summed E-state index contributed by atoms with van der Waals surface area (Å²) in [6.45, 7) is 1.72. The molecule has 0 aromatic carbocycles. The Balaban J connectivity index is 1.69. The lowest BCUT2D eigenvalue weighted by molar-refractivity contribution is -0.498. The molecule has 3 rings (SSSR count). The van der Waals surface area contributed by atoms with Crippen LogP contribution in [0, 0.1) is 0 Å². The van der Waals surface area contributed by atoms with Crippen molar-refractivity contribution in [3.8, 4) is 0 Å². The zero-order chi connectivity index (χ0) is 11.8. The summed E-state index contributed by atoms with van der Waals surface area (Å²) < 4.78 is 7.74. The molecule has 0 aliphatic carbocycles. The smallest absolute Gasteiger partial charge is 0.336 e. The van der Waals surface area contributed by atoms with Crippen LogP contribution in [0.25, 0.3) is 0 Å². The Labute approximate surface area is 105 Å². The van der Waals surface area contributed by atoms with Gasteiger partial charge in [0, 0.05) is 17.5 Å². The van der Waals surface area contributed by atoms with Crippen molar-refractivity contribution < 1.29 is 14.1 Å². The van der Waals surface area contributed by atoms with Crippen LogP contribution in [0.3, 0.4) is 0 Å². The summed E-state index contributed by atoms with van der Waals surface area (Å²) in [5, 5.41) is 0.409. The van der Waals surface area contributed by atoms with Crippen molar-refractivity contribution in [2.45, 2.75) is 24.6 Å². The van der Waals surface area contributed by atoms with Crippen molar-refractivity contribution in [2.24, 2.45) is 0 Å². The van der Waals surface area contributed by atoms with Crippen LogP contribution in [0.1, 0.15) is 19.3 Å². The van der Waals surface area contributed by atoms with Crippen molar-refractivity contribution in [1.29, 1.82) is 0 Å². The van der Waals surface area contributed by atoms with E-state index in [1.54, 1.807) is 0 Å². The summed E-state index contributed by atoms with van der Waals surface area (Å²) in [5.74, 6) is 2.38.